The summed E-state index contributed by atoms with van der Waals surface area (Å²) in [7, 11) is 0. The van der Waals surface area contributed by atoms with E-state index in [1.165, 1.54) is 22.4 Å². The van der Waals surface area contributed by atoms with Gasteiger partial charge in [-0.1, -0.05) is 42.0 Å². The summed E-state index contributed by atoms with van der Waals surface area (Å²) in [6.07, 6.45) is 2.49. The van der Waals surface area contributed by atoms with Gasteiger partial charge in [0.1, 0.15) is 5.56 Å². The average Bonchev–Trinajstić information content (AvgIpc) is 3.27. The maximum Gasteiger partial charge on any atom is 0.259 e. The second kappa shape index (κ2) is 9.17. The Kier molecular flexibility index (Phi) is 6.05. The number of aryl methyl sites for hydroxylation is 4. The van der Waals surface area contributed by atoms with Crippen LogP contribution < -0.4 is 4.90 Å². The molecule has 0 spiro atoms. The van der Waals surface area contributed by atoms with E-state index >= 15 is 0 Å². The van der Waals surface area contributed by atoms with Gasteiger partial charge in [-0.3, -0.25) is 4.79 Å². The number of rotatable bonds is 4. The van der Waals surface area contributed by atoms with Gasteiger partial charge in [-0.25, -0.2) is 9.50 Å². The van der Waals surface area contributed by atoms with Gasteiger partial charge in [0.25, 0.3) is 5.91 Å². The third-order valence-corrected chi connectivity index (χ3v) is 7.35. The van der Waals surface area contributed by atoms with Crippen molar-refractivity contribution in [2.75, 3.05) is 24.5 Å². The Labute approximate surface area is 207 Å². The van der Waals surface area contributed by atoms with Crippen LogP contribution in [-0.4, -0.2) is 51.1 Å². The highest BCUT2D eigenvalue weighted by atomic mass is 16.2. The maximum absolute atomic E-state index is 13.6. The van der Waals surface area contributed by atoms with Crippen molar-refractivity contribution < 1.29 is 4.79 Å². The largest absolute Gasteiger partial charge is 0.365 e. The van der Waals surface area contributed by atoms with Gasteiger partial charge in [0.15, 0.2) is 5.65 Å². The van der Waals surface area contributed by atoms with Crippen LogP contribution in [0.4, 0.5) is 5.69 Å². The summed E-state index contributed by atoms with van der Waals surface area (Å²) < 4.78 is 1.83. The number of carbonyl (C=O) groups excluding carboxylic acids is 1. The molecule has 1 amide bonds. The number of hydrogen-bond donors (Lipinski definition) is 0. The van der Waals surface area contributed by atoms with Crippen molar-refractivity contribution >= 4 is 17.2 Å². The van der Waals surface area contributed by atoms with Crippen molar-refractivity contribution in [2.45, 2.75) is 47.1 Å². The molecule has 1 atom stereocenters. The number of fused-ring (bicyclic) bond motifs is 1. The fraction of sp³-hybridized carbons (Fsp3) is 0.345. The van der Waals surface area contributed by atoms with Crippen LogP contribution in [0.5, 0.6) is 0 Å². The monoisotopic (exact) mass is 467 g/mol. The molecule has 0 unspecified atom stereocenters. The Balaban J connectivity index is 1.39. The van der Waals surface area contributed by atoms with Crippen molar-refractivity contribution in [1.82, 2.24) is 19.5 Å². The third-order valence-electron chi connectivity index (χ3n) is 7.35. The number of carbonyl (C=O) groups is 1. The molecule has 1 saturated heterocycles. The molecule has 6 nitrogen and oxygen atoms in total. The van der Waals surface area contributed by atoms with E-state index in [0.29, 0.717) is 24.3 Å². The molecule has 3 heterocycles. The summed E-state index contributed by atoms with van der Waals surface area (Å²) in [5.41, 5.74) is 9.38. The van der Waals surface area contributed by atoms with Crippen molar-refractivity contribution in [1.29, 1.82) is 0 Å². The lowest BCUT2D eigenvalue weighted by Gasteiger charge is -2.41. The molecule has 1 aliphatic heterocycles. The van der Waals surface area contributed by atoms with Gasteiger partial charge in [0, 0.05) is 49.2 Å². The van der Waals surface area contributed by atoms with E-state index in [2.05, 4.69) is 86.2 Å². The minimum atomic E-state index is 0.00774. The normalized spacial score (nSPS) is 16.2. The first-order chi connectivity index (χ1) is 16.8. The lowest BCUT2D eigenvalue weighted by molar-refractivity contribution is 0.0728. The van der Waals surface area contributed by atoms with Crippen LogP contribution in [0.3, 0.4) is 0 Å². The first-order valence-electron chi connectivity index (χ1n) is 12.3. The van der Waals surface area contributed by atoms with E-state index < -0.39 is 0 Å². The molecule has 1 aliphatic rings. The fourth-order valence-electron chi connectivity index (χ4n) is 5.15. The first kappa shape index (κ1) is 23.1. The molecule has 2 aromatic carbocycles. The van der Waals surface area contributed by atoms with Crippen LogP contribution in [0.15, 0.2) is 54.7 Å². The Morgan fingerprint density at radius 3 is 2.46 bits per heavy atom. The zero-order valence-corrected chi connectivity index (χ0v) is 21.2. The lowest BCUT2D eigenvalue weighted by Crippen LogP contribution is -2.53. The van der Waals surface area contributed by atoms with Crippen LogP contribution in [0.1, 0.15) is 50.9 Å². The molecule has 0 radical (unpaired) electrons. The first-order valence-corrected chi connectivity index (χ1v) is 12.3. The van der Waals surface area contributed by atoms with Gasteiger partial charge in [-0.15, -0.1) is 0 Å². The Bertz CT molecular complexity index is 1390. The second-order valence-electron chi connectivity index (χ2n) is 9.79. The van der Waals surface area contributed by atoms with Crippen LogP contribution in [-0.2, 0) is 6.42 Å². The molecule has 4 aromatic rings. The second-order valence-corrected chi connectivity index (χ2v) is 9.79. The number of benzene rings is 2. The number of hydrogen-bond acceptors (Lipinski definition) is 4. The predicted octanol–water partition coefficient (Wildman–Crippen LogP) is 4.90. The summed E-state index contributed by atoms with van der Waals surface area (Å²) >= 11 is 0. The number of anilines is 1. The minimum Gasteiger partial charge on any atom is -0.365 e. The number of aromatic nitrogens is 3. The molecule has 1 fully saturated rings. The lowest BCUT2D eigenvalue weighted by atomic mass is 9.98. The molecule has 0 aliphatic carbocycles. The van der Waals surface area contributed by atoms with Crippen LogP contribution in [0.25, 0.3) is 5.65 Å². The van der Waals surface area contributed by atoms with Gasteiger partial charge in [-0.05, 0) is 63.4 Å². The SMILES string of the molecule is Cc1ccc(N2CCN(C(=O)c3cnn4c(C)c(Cc5ccccc5C)c(C)nc34)C[C@H]2C)cc1. The van der Waals surface area contributed by atoms with E-state index in [-0.39, 0.29) is 11.9 Å². The number of nitrogens with zero attached hydrogens (tertiary/aromatic N) is 5. The van der Waals surface area contributed by atoms with Gasteiger partial charge < -0.3 is 9.80 Å². The highest BCUT2D eigenvalue weighted by molar-refractivity contribution is 6.00. The summed E-state index contributed by atoms with van der Waals surface area (Å²) in [5.74, 6) is 0.00774. The molecule has 0 bridgehead atoms. The molecule has 0 saturated carbocycles. The molecular formula is C29H33N5O. The van der Waals surface area contributed by atoms with Crippen LogP contribution in [0, 0.1) is 27.7 Å². The third kappa shape index (κ3) is 4.29. The Morgan fingerprint density at radius 2 is 1.74 bits per heavy atom. The zero-order chi connectivity index (χ0) is 24.7. The van der Waals surface area contributed by atoms with Crippen LogP contribution in [0.2, 0.25) is 0 Å². The summed E-state index contributed by atoms with van der Waals surface area (Å²) in [6, 6.07) is 17.3. The summed E-state index contributed by atoms with van der Waals surface area (Å²) in [6.45, 7) is 12.7. The topological polar surface area (TPSA) is 53.7 Å². The standard InChI is InChI=1S/C29H33N5O/c1-19-10-12-25(13-11-19)33-15-14-32(18-21(33)3)29(35)27-17-30-34-23(5)26(22(4)31-28(27)34)16-24-9-7-6-8-20(24)2/h6-13,17,21H,14-16,18H2,1-5H3/t21-/m1/s1. The van der Waals surface area contributed by atoms with Crippen molar-refractivity contribution in [2.24, 2.45) is 0 Å². The van der Waals surface area contributed by atoms with Gasteiger partial charge in [-0.2, -0.15) is 5.10 Å². The van der Waals surface area contributed by atoms with Crippen molar-refractivity contribution in [3.8, 4) is 0 Å². The number of amides is 1. The Morgan fingerprint density at radius 1 is 1.00 bits per heavy atom. The highest BCUT2D eigenvalue weighted by Gasteiger charge is 2.29. The molecule has 35 heavy (non-hydrogen) atoms. The van der Waals surface area contributed by atoms with Crippen molar-refractivity contribution in [3.05, 3.63) is 93.9 Å². The molecule has 5 rings (SSSR count). The molecule has 6 heteroatoms. The van der Waals surface area contributed by atoms with E-state index in [4.69, 9.17) is 4.98 Å². The number of piperazine rings is 1. The van der Waals surface area contributed by atoms with E-state index in [1.54, 1.807) is 6.20 Å². The van der Waals surface area contributed by atoms with Gasteiger partial charge in [0.2, 0.25) is 0 Å². The van der Waals surface area contributed by atoms with E-state index in [0.717, 1.165) is 29.9 Å². The zero-order valence-electron chi connectivity index (χ0n) is 21.2. The van der Waals surface area contributed by atoms with Gasteiger partial charge >= 0.3 is 0 Å². The minimum absolute atomic E-state index is 0.00774. The molecule has 180 valence electrons. The average molecular weight is 468 g/mol. The van der Waals surface area contributed by atoms with Crippen molar-refractivity contribution in [3.63, 3.8) is 0 Å². The summed E-state index contributed by atoms with van der Waals surface area (Å²) in [5, 5.41) is 4.59. The quantitative estimate of drug-likeness (QED) is 0.428. The summed E-state index contributed by atoms with van der Waals surface area (Å²) in [4.78, 5) is 22.8. The smallest absolute Gasteiger partial charge is 0.259 e. The maximum atomic E-state index is 13.6. The molecular weight excluding hydrogens is 434 g/mol. The van der Waals surface area contributed by atoms with E-state index in [1.807, 2.05) is 16.3 Å². The Hall–Kier alpha value is -3.67. The molecule has 0 N–H and O–H groups in total. The highest BCUT2D eigenvalue weighted by Crippen LogP contribution is 2.25. The molecule has 2 aromatic heterocycles. The van der Waals surface area contributed by atoms with E-state index in [9.17, 15) is 4.79 Å². The predicted molar refractivity (Wildman–Crippen MR) is 140 cm³/mol. The fourth-order valence-corrected chi connectivity index (χ4v) is 5.15. The van der Waals surface area contributed by atoms with Gasteiger partial charge in [0.05, 0.1) is 6.20 Å². The van der Waals surface area contributed by atoms with Crippen LogP contribution >= 0.6 is 0 Å².